The zero-order chi connectivity index (χ0) is 12.7. The molecular formula is C13H24O4. The van der Waals surface area contributed by atoms with E-state index in [0.29, 0.717) is 12.8 Å². The lowest BCUT2D eigenvalue weighted by Gasteiger charge is -2.14. The van der Waals surface area contributed by atoms with Crippen LogP contribution in [0.1, 0.15) is 52.4 Å². The van der Waals surface area contributed by atoms with Gasteiger partial charge in [-0.05, 0) is 13.3 Å². The van der Waals surface area contributed by atoms with Crippen LogP contribution in [0.5, 0.6) is 0 Å². The third-order valence-electron chi connectivity index (χ3n) is 3.15. The van der Waals surface area contributed by atoms with E-state index in [4.69, 9.17) is 14.6 Å². The summed E-state index contributed by atoms with van der Waals surface area (Å²) in [6.45, 7) is 4.02. The highest BCUT2D eigenvalue weighted by Crippen LogP contribution is 2.23. The molecule has 1 aliphatic rings. The maximum atomic E-state index is 11.6. The van der Waals surface area contributed by atoms with Crippen molar-refractivity contribution in [2.45, 2.75) is 70.7 Å². The van der Waals surface area contributed by atoms with Gasteiger partial charge in [-0.2, -0.15) is 0 Å². The monoisotopic (exact) mass is 244 g/mol. The molecule has 3 atom stereocenters. The van der Waals surface area contributed by atoms with Crippen LogP contribution >= 0.6 is 0 Å². The van der Waals surface area contributed by atoms with Gasteiger partial charge in [0.25, 0.3) is 0 Å². The largest absolute Gasteiger partial charge is 0.459 e. The number of hydrogen-bond donors (Lipinski definition) is 1. The first-order valence-corrected chi connectivity index (χ1v) is 6.63. The second kappa shape index (κ2) is 7.67. The van der Waals surface area contributed by atoms with Gasteiger partial charge in [-0.25, -0.2) is 0 Å². The number of esters is 1. The first-order chi connectivity index (χ1) is 8.17. The lowest BCUT2D eigenvalue weighted by atomic mass is 10.1. The molecule has 0 saturated carbocycles. The summed E-state index contributed by atoms with van der Waals surface area (Å²) in [6, 6.07) is 0. The molecule has 0 amide bonds. The summed E-state index contributed by atoms with van der Waals surface area (Å²) in [6.07, 6.45) is 4.95. The van der Waals surface area contributed by atoms with Crippen molar-refractivity contribution >= 4 is 5.97 Å². The number of hydrogen-bond acceptors (Lipinski definition) is 4. The molecule has 0 radical (unpaired) electrons. The minimum absolute atomic E-state index is 0.00507. The number of carbonyl (C=O) groups excluding carboxylic acids is 1. The predicted octanol–water partition coefficient (Wildman–Crippen LogP) is 2.04. The Morgan fingerprint density at radius 2 is 2.18 bits per heavy atom. The molecule has 4 heteroatoms. The molecule has 1 fully saturated rings. The Labute approximate surface area is 103 Å². The van der Waals surface area contributed by atoms with Crippen LogP contribution in [0.4, 0.5) is 0 Å². The van der Waals surface area contributed by atoms with E-state index in [-0.39, 0.29) is 30.9 Å². The quantitative estimate of drug-likeness (QED) is 0.550. The minimum Gasteiger partial charge on any atom is -0.459 e. The van der Waals surface area contributed by atoms with Gasteiger partial charge < -0.3 is 14.6 Å². The van der Waals surface area contributed by atoms with E-state index in [1.807, 2.05) is 6.92 Å². The van der Waals surface area contributed by atoms with Crippen LogP contribution in [0.2, 0.25) is 0 Å². The highest BCUT2D eigenvalue weighted by atomic mass is 16.6. The lowest BCUT2D eigenvalue weighted by Crippen LogP contribution is -2.24. The average molecular weight is 244 g/mol. The highest BCUT2D eigenvalue weighted by Gasteiger charge is 2.34. The van der Waals surface area contributed by atoms with E-state index in [2.05, 4.69) is 6.92 Å². The van der Waals surface area contributed by atoms with Crippen LogP contribution in [-0.2, 0) is 14.3 Å². The summed E-state index contributed by atoms with van der Waals surface area (Å²) in [5.74, 6) is -0.139. The van der Waals surface area contributed by atoms with Gasteiger partial charge in [-0.3, -0.25) is 4.79 Å². The second-order valence-electron chi connectivity index (χ2n) is 4.72. The Kier molecular flexibility index (Phi) is 6.52. The number of unbranched alkanes of at least 4 members (excludes halogenated alkanes) is 3. The van der Waals surface area contributed by atoms with E-state index in [0.717, 1.165) is 12.8 Å². The highest BCUT2D eigenvalue weighted by molar-refractivity contribution is 5.69. The van der Waals surface area contributed by atoms with Crippen LogP contribution in [-0.4, -0.2) is 36.0 Å². The second-order valence-corrected chi connectivity index (χ2v) is 4.72. The average Bonchev–Trinajstić information content (AvgIpc) is 2.66. The van der Waals surface area contributed by atoms with Gasteiger partial charge in [0.05, 0.1) is 18.8 Å². The summed E-state index contributed by atoms with van der Waals surface area (Å²) < 4.78 is 10.8. The van der Waals surface area contributed by atoms with Crippen molar-refractivity contribution in [3.05, 3.63) is 0 Å². The summed E-state index contributed by atoms with van der Waals surface area (Å²) in [4.78, 5) is 11.6. The Morgan fingerprint density at radius 3 is 2.76 bits per heavy atom. The number of rotatable bonds is 7. The molecule has 0 bridgehead atoms. The third kappa shape index (κ3) is 5.04. The fourth-order valence-corrected chi connectivity index (χ4v) is 2.08. The van der Waals surface area contributed by atoms with E-state index < -0.39 is 0 Å². The molecule has 4 nitrogen and oxygen atoms in total. The Balaban J connectivity index is 2.17. The summed E-state index contributed by atoms with van der Waals surface area (Å²) in [7, 11) is 0. The molecule has 100 valence electrons. The van der Waals surface area contributed by atoms with Gasteiger partial charge in [-0.15, -0.1) is 0 Å². The van der Waals surface area contributed by atoms with E-state index in [1.54, 1.807) is 0 Å². The third-order valence-corrected chi connectivity index (χ3v) is 3.15. The topological polar surface area (TPSA) is 55.8 Å². The molecule has 0 spiro atoms. The fourth-order valence-electron chi connectivity index (χ4n) is 2.08. The van der Waals surface area contributed by atoms with Crippen molar-refractivity contribution in [2.75, 3.05) is 6.61 Å². The van der Waals surface area contributed by atoms with E-state index in [9.17, 15) is 4.79 Å². The Morgan fingerprint density at radius 1 is 1.41 bits per heavy atom. The number of aliphatic hydroxyl groups excluding tert-OH is 1. The smallest absolute Gasteiger partial charge is 0.306 e. The molecular weight excluding hydrogens is 220 g/mol. The maximum absolute atomic E-state index is 11.6. The SMILES string of the molecule is CCCCCCC(=O)OC1CC(CO)OC1C. The number of carbonyl (C=O) groups is 1. The van der Waals surface area contributed by atoms with Gasteiger partial charge in [0, 0.05) is 12.8 Å². The van der Waals surface area contributed by atoms with Gasteiger partial charge in [0.1, 0.15) is 6.10 Å². The van der Waals surface area contributed by atoms with Gasteiger partial charge in [0.15, 0.2) is 0 Å². The Bertz CT molecular complexity index is 229. The molecule has 1 saturated heterocycles. The standard InChI is InChI=1S/C13H24O4/c1-3-4-5-6-7-13(15)17-12-8-11(9-14)16-10(12)2/h10-12,14H,3-9H2,1-2H3. The van der Waals surface area contributed by atoms with Crippen molar-refractivity contribution < 1.29 is 19.4 Å². The van der Waals surface area contributed by atoms with Crippen molar-refractivity contribution in [1.29, 1.82) is 0 Å². The lowest BCUT2D eigenvalue weighted by molar-refractivity contribution is -0.151. The van der Waals surface area contributed by atoms with E-state index >= 15 is 0 Å². The van der Waals surface area contributed by atoms with Crippen molar-refractivity contribution in [3.8, 4) is 0 Å². The minimum atomic E-state index is -0.189. The number of ether oxygens (including phenoxy) is 2. The summed E-state index contributed by atoms with van der Waals surface area (Å²) in [5.41, 5.74) is 0. The van der Waals surface area contributed by atoms with Crippen molar-refractivity contribution in [3.63, 3.8) is 0 Å². The maximum Gasteiger partial charge on any atom is 0.306 e. The molecule has 0 aromatic carbocycles. The van der Waals surface area contributed by atoms with Crippen LogP contribution in [0.3, 0.4) is 0 Å². The van der Waals surface area contributed by atoms with Crippen molar-refractivity contribution in [1.82, 2.24) is 0 Å². The summed E-state index contributed by atoms with van der Waals surface area (Å²) in [5, 5.41) is 8.97. The number of aliphatic hydroxyl groups is 1. The molecule has 3 unspecified atom stereocenters. The van der Waals surface area contributed by atoms with Crippen LogP contribution < -0.4 is 0 Å². The first kappa shape index (κ1) is 14.5. The van der Waals surface area contributed by atoms with Crippen LogP contribution in [0.25, 0.3) is 0 Å². The van der Waals surface area contributed by atoms with Crippen molar-refractivity contribution in [2.24, 2.45) is 0 Å². The van der Waals surface area contributed by atoms with Gasteiger partial charge >= 0.3 is 5.97 Å². The molecule has 1 heterocycles. The van der Waals surface area contributed by atoms with Crippen LogP contribution in [0, 0.1) is 0 Å². The van der Waals surface area contributed by atoms with Crippen LogP contribution in [0.15, 0.2) is 0 Å². The van der Waals surface area contributed by atoms with Gasteiger partial charge in [0.2, 0.25) is 0 Å². The normalized spacial score (nSPS) is 28.3. The Hall–Kier alpha value is -0.610. The predicted molar refractivity (Wildman–Crippen MR) is 64.7 cm³/mol. The molecule has 0 aliphatic carbocycles. The first-order valence-electron chi connectivity index (χ1n) is 6.63. The molecule has 1 rings (SSSR count). The van der Waals surface area contributed by atoms with Gasteiger partial charge in [-0.1, -0.05) is 26.2 Å². The molecule has 0 aromatic heterocycles. The zero-order valence-corrected chi connectivity index (χ0v) is 10.9. The molecule has 1 aliphatic heterocycles. The molecule has 1 N–H and O–H groups in total. The summed E-state index contributed by atoms with van der Waals surface area (Å²) >= 11 is 0. The van der Waals surface area contributed by atoms with E-state index in [1.165, 1.54) is 12.8 Å². The fraction of sp³-hybridized carbons (Fsp3) is 0.923. The molecule has 0 aromatic rings. The zero-order valence-electron chi connectivity index (χ0n) is 10.9. The molecule has 17 heavy (non-hydrogen) atoms.